The summed E-state index contributed by atoms with van der Waals surface area (Å²) >= 11 is 0. The minimum Gasteiger partial charge on any atom is -0.304 e. The molecular weight excluding hydrogens is 246 g/mol. The van der Waals surface area contributed by atoms with E-state index in [0.717, 1.165) is 44.6 Å². The summed E-state index contributed by atoms with van der Waals surface area (Å²) < 4.78 is 26.0. The van der Waals surface area contributed by atoms with Gasteiger partial charge in [-0.1, -0.05) is 13.0 Å². The Morgan fingerprint density at radius 1 is 1.21 bits per heavy atom. The van der Waals surface area contributed by atoms with Crippen molar-refractivity contribution in [2.24, 2.45) is 0 Å². The molecule has 1 saturated heterocycles. The maximum atomic E-state index is 13.1. The summed E-state index contributed by atoms with van der Waals surface area (Å²) in [6.45, 7) is 6.34. The van der Waals surface area contributed by atoms with E-state index in [0.29, 0.717) is 6.04 Å². The lowest BCUT2D eigenvalue weighted by Crippen LogP contribution is -2.51. The third-order valence-corrected chi connectivity index (χ3v) is 3.95. The van der Waals surface area contributed by atoms with Gasteiger partial charge in [0.2, 0.25) is 0 Å². The average Bonchev–Trinajstić information content (AvgIpc) is 2.41. The minimum atomic E-state index is -0.769. The SMILES string of the molecule is CCC1CN(C)CCN1CCc1ccc(F)c(F)c1. The first-order chi connectivity index (χ1) is 9.10. The molecule has 0 radical (unpaired) electrons. The van der Waals surface area contributed by atoms with Gasteiger partial charge in [-0.2, -0.15) is 0 Å². The fourth-order valence-corrected chi connectivity index (χ4v) is 2.70. The maximum absolute atomic E-state index is 13.1. The van der Waals surface area contributed by atoms with Crippen LogP contribution >= 0.6 is 0 Å². The molecule has 1 heterocycles. The first-order valence-corrected chi connectivity index (χ1v) is 6.96. The molecule has 0 N–H and O–H groups in total. The molecule has 1 atom stereocenters. The quantitative estimate of drug-likeness (QED) is 0.828. The molecule has 0 spiro atoms. The molecule has 0 amide bonds. The highest BCUT2D eigenvalue weighted by molar-refractivity contribution is 5.18. The number of rotatable bonds is 4. The Kier molecular flexibility index (Phi) is 4.88. The molecule has 4 heteroatoms. The number of halogens is 2. The van der Waals surface area contributed by atoms with Crippen molar-refractivity contribution in [1.82, 2.24) is 9.80 Å². The Labute approximate surface area is 114 Å². The molecule has 2 nitrogen and oxygen atoms in total. The summed E-state index contributed by atoms with van der Waals surface area (Å²) in [5.41, 5.74) is 0.868. The summed E-state index contributed by atoms with van der Waals surface area (Å²) in [7, 11) is 2.15. The lowest BCUT2D eigenvalue weighted by Gasteiger charge is -2.39. The van der Waals surface area contributed by atoms with Crippen LogP contribution in [0.15, 0.2) is 18.2 Å². The normalized spacial score (nSPS) is 21.8. The second-order valence-corrected chi connectivity index (χ2v) is 5.36. The fraction of sp³-hybridized carbons (Fsp3) is 0.600. The first kappa shape index (κ1) is 14.4. The zero-order valence-electron chi connectivity index (χ0n) is 11.7. The van der Waals surface area contributed by atoms with Crippen LogP contribution in [0.5, 0.6) is 0 Å². The first-order valence-electron chi connectivity index (χ1n) is 6.96. The molecule has 1 unspecified atom stereocenters. The van der Waals surface area contributed by atoms with Crippen LogP contribution in [-0.4, -0.2) is 49.1 Å². The van der Waals surface area contributed by atoms with E-state index >= 15 is 0 Å². The molecule has 1 aromatic carbocycles. The number of hydrogen-bond acceptors (Lipinski definition) is 2. The number of likely N-dealkylation sites (N-methyl/N-ethyl adjacent to an activating group) is 1. The van der Waals surface area contributed by atoms with Gasteiger partial charge in [0.15, 0.2) is 11.6 Å². The summed E-state index contributed by atoms with van der Waals surface area (Å²) in [6.07, 6.45) is 1.90. The van der Waals surface area contributed by atoms with Gasteiger partial charge in [0.05, 0.1) is 0 Å². The van der Waals surface area contributed by atoms with Crippen molar-refractivity contribution in [1.29, 1.82) is 0 Å². The van der Waals surface area contributed by atoms with Crippen LogP contribution in [0.4, 0.5) is 8.78 Å². The topological polar surface area (TPSA) is 6.48 Å². The van der Waals surface area contributed by atoms with Gasteiger partial charge in [-0.05, 0) is 37.6 Å². The van der Waals surface area contributed by atoms with Gasteiger partial charge >= 0.3 is 0 Å². The maximum Gasteiger partial charge on any atom is 0.159 e. The molecular formula is C15H22F2N2. The summed E-state index contributed by atoms with van der Waals surface area (Å²) in [6, 6.07) is 4.78. The Balaban J connectivity index is 1.92. The van der Waals surface area contributed by atoms with Crippen LogP contribution in [0.1, 0.15) is 18.9 Å². The predicted molar refractivity (Wildman–Crippen MR) is 73.2 cm³/mol. The van der Waals surface area contributed by atoms with Crippen LogP contribution in [0.3, 0.4) is 0 Å². The van der Waals surface area contributed by atoms with E-state index in [1.807, 2.05) is 0 Å². The minimum absolute atomic E-state index is 0.573. The molecule has 1 aliphatic heterocycles. The van der Waals surface area contributed by atoms with Crippen molar-refractivity contribution in [3.63, 3.8) is 0 Å². The summed E-state index contributed by atoms with van der Waals surface area (Å²) in [5.74, 6) is -1.52. The van der Waals surface area contributed by atoms with Crippen LogP contribution in [0.2, 0.25) is 0 Å². The van der Waals surface area contributed by atoms with E-state index in [4.69, 9.17) is 0 Å². The highest BCUT2D eigenvalue weighted by atomic mass is 19.2. The highest BCUT2D eigenvalue weighted by Crippen LogP contribution is 2.14. The number of hydrogen-bond donors (Lipinski definition) is 0. The third-order valence-electron chi connectivity index (χ3n) is 3.95. The van der Waals surface area contributed by atoms with Gasteiger partial charge < -0.3 is 4.90 Å². The molecule has 1 aromatic rings. The molecule has 0 aromatic heterocycles. The largest absolute Gasteiger partial charge is 0.304 e. The zero-order chi connectivity index (χ0) is 13.8. The smallest absolute Gasteiger partial charge is 0.159 e. The van der Waals surface area contributed by atoms with Crippen LogP contribution in [0.25, 0.3) is 0 Å². The molecule has 0 saturated carbocycles. The van der Waals surface area contributed by atoms with Crippen molar-refractivity contribution in [2.45, 2.75) is 25.8 Å². The lowest BCUT2D eigenvalue weighted by atomic mass is 10.1. The van der Waals surface area contributed by atoms with E-state index in [9.17, 15) is 8.78 Å². The molecule has 106 valence electrons. The van der Waals surface area contributed by atoms with Crippen LogP contribution in [0, 0.1) is 11.6 Å². The Bertz CT molecular complexity index is 423. The molecule has 0 aliphatic carbocycles. The molecule has 1 aliphatic rings. The highest BCUT2D eigenvalue weighted by Gasteiger charge is 2.23. The standard InChI is InChI=1S/C15H22F2N2/c1-3-13-11-18(2)8-9-19(13)7-6-12-4-5-14(16)15(17)10-12/h4-5,10,13H,3,6-9,11H2,1-2H3. The average molecular weight is 268 g/mol. The van der Waals surface area contributed by atoms with Crippen molar-refractivity contribution in [3.05, 3.63) is 35.4 Å². The lowest BCUT2D eigenvalue weighted by molar-refractivity contribution is 0.0886. The Morgan fingerprint density at radius 3 is 2.68 bits per heavy atom. The van der Waals surface area contributed by atoms with E-state index < -0.39 is 11.6 Å². The monoisotopic (exact) mass is 268 g/mol. The van der Waals surface area contributed by atoms with Gasteiger partial charge in [0.25, 0.3) is 0 Å². The van der Waals surface area contributed by atoms with E-state index in [1.54, 1.807) is 6.07 Å². The molecule has 19 heavy (non-hydrogen) atoms. The van der Waals surface area contributed by atoms with E-state index in [2.05, 4.69) is 23.8 Å². The van der Waals surface area contributed by atoms with Gasteiger partial charge in [-0.3, -0.25) is 4.90 Å². The van der Waals surface area contributed by atoms with Crippen molar-refractivity contribution in [2.75, 3.05) is 33.2 Å². The number of nitrogens with zero attached hydrogens (tertiary/aromatic N) is 2. The van der Waals surface area contributed by atoms with Crippen LogP contribution in [-0.2, 0) is 6.42 Å². The number of benzene rings is 1. The fourth-order valence-electron chi connectivity index (χ4n) is 2.70. The summed E-state index contributed by atoms with van der Waals surface area (Å²) in [5, 5.41) is 0. The Hall–Kier alpha value is -1.00. The predicted octanol–water partition coefficient (Wildman–Crippen LogP) is 2.53. The zero-order valence-corrected chi connectivity index (χ0v) is 11.7. The van der Waals surface area contributed by atoms with Crippen LogP contribution < -0.4 is 0 Å². The van der Waals surface area contributed by atoms with Crippen molar-refractivity contribution in [3.8, 4) is 0 Å². The molecule has 0 bridgehead atoms. The van der Waals surface area contributed by atoms with Gasteiger partial charge in [0.1, 0.15) is 0 Å². The van der Waals surface area contributed by atoms with Gasteiger partial charge in [-0.25, -0.2) is 8.78 Å². The Morgan fingerprint density at radius 2 is 2.00 bits per heavy atom. The second-order valence-electron chi connectivity index (χ2n) is 5.36. The van der Waals surface area contributed by atoms with Gasteiger partial charge in [-0.15, -0.1) is 0 Å². The third kappa shape index (κ3) is 3.74. The summed E-state index contributed by atoms with van der Waals surface area (Å²) in [4.78, 5) is 4.81. The van der Waals surface area contributed by atoms with Crippen molar-refractivity contribution >= 4 is 0 Å². The van der Waals surface area contributed by atoms with Gasteiger partial charge in [0, 0.05) is 32.2 Å². The van der Waals surface area contributed by atoms with E-state index in [-0.39, 0.29) is 0 Å². The van der Waals surface area contributed by atoms with E-state index in [1.165, 1.54) is 12.1 Å². The molecule has 2 rings (SSSR count). The second kappa shape index (κ2) is 6.44. The number of piperazine rings is 1. The molecule has 1 fully saturated rings. The van der Waals surface area contributed by atoms with Crippen molar-refractivity contribution < 1.29 is 8.78 Å².